The van der Waals surface area contributed by atoms with Crippen LogP contribution in [0, 0.1) is 6.92 Å². The number of aliphatic hydroxyl groups excluding tert-OH is 1. The monoisotopic (exact) mass is 288 g/mol. The number of aryl methyl sites for hydroxylation is 1. The summed E-state index contributed by atoms with van der Waals surface area (Å²) >= 11 is 0. The molecule has 0 saturated heterocycles. The number of hydrogen-bond acceptors (Lipinski definition) is 5. The van der Waals surface area contributed by atoms with Crippen molar-refractivity contribution in [1.29, 1.82) is 0 Å². The molecule has 0 aliphatic carbocycles. The lowest BCUT2D eigenvalue weighted by Gasteiger charge is -2.15. The molecule has 0 bridgehead atoms. The van der Waals surface area contributed by atoms with E-state index >= 15 is 0 Å². The Hall–Kier alpha value is -2.11. The summed E-state index contributed by atoms with van der Waals surface area (Å²) in [5.41, 5.74) is 3.81. The third-order valence-electron chi connectivity index (χ3n) is 3.37. The van der Waals surface area contributed by atoms with E-state index in [0.717, 1.165) is 11.3 Å². The molecule has 0 aliphatic heterocycles. The lowest BCUT2D eigenvalue weighted by Crippen LogP contribution is -2.07. The van der Waals surface area contributed by atoms with Gasteiger partial charge >= 0.3 is 0 Å². The summed E-state index contributed by atoms with van der Waals surface area (Å²) in [6.07, 6.45) is 1.59. The lowest BCUT2D eigenvalue weighted by molar-refractivity contribution is 0.185. The SMILES string of the molecule is COCc1ccccc1NCc1c(CO)cnc(C)c1O. The number of aromatic hydroxyl groups is 1. The third-order valence-corrected chi connectivity index (χ3v) is 3.37. The van der Waals surface area contributed by atoms with Crippen LogP contribution in [0.15, 0.2) is 30.5 Å². The normalized spacial score (nSPS) is 10.6. The van der Waals surface area contributed by atoms with Crippen molar-refractivity contribution in [3.8, 4) is 5.75 Å². The van der Waals surface area contributed by atoms with Gasteiger partial charge in [-0.1, -0.05) is 18.2 Å². The Balaban J connectivity index is 2.22. The molecule has 1 aromatic carbocycles. The Morgan fingerprint density at radius 2 is 2.00 bits per heavy atom. The van der Waals surface area contributed by atoms with Gasteiger partial charge in [0.2, 0.25) is 0 Å². The van der Waals surface area contributed by atoms with E-state index < -0.39 is 0 Å². The molecular formula is C16H20N2O3. The van der Waals surface area contributed by atoms with Crippen LogP contribution in [0.4, 0.5) is 5.69 Å². The molecule has 0 radical (unpaired) electrons. The fraction of sp³-hybridized carbons (Fsp3) is 0.312. The summed E-state index contributed by atoms with van der Waals surface area (Å²) in [5.74, 6) is 0.123. The van der Waals surface area contributed by atoms with Crippen LogP contribution in [-0.4, -0.2) is 22.3 Å². The average molecular weight is 288 g/mol. The van der Waals surface area contributed by atoms with Crippen molar-refractivity contribution in [1.82, 2.24) is 4.98 Å². The van der Waals surface area contributed by atoms with Gasteiger partial charge in [-0.2, -0.15) is 0 Å². The van der Waals surface area contributed by atoms with Crippen LogP contribution in [0.2, 0.25) is 0 Å². The molecule has 1 aromatic heterocycles. The first-order valence-corrected chi connectivity index (χ1v) is 6.75. The van der Waals surface area contributed by atoms with E-state index in [1.807, 2.05) is 24.3 Å². The van der Waals surface area contributed by atoms with Crippen LogP contribution >= 0.6 is 0 Å². The maximum Gasteiger partial charge on any atom is 0.142 e. The van der Waals surface area contributed by atoms with Crippen molar-refractivity contribution in [3.05, 3.63) is 52.8 Å². The summed E-state index contributed by atoms with van der Waals surface area (Å²) in [7, 11) is 1.65. The second kappa shape index (κ2) is 7.06. The minimum Gasteiger partial charge on any atom is -0.506 e. The minimum absolute atomic E-state index is 0.123. The second-order valence-corrected chi connectivity index (χ2v) is 4.80. The number of pyridine rings is 1. The van der Waals surface area contributed by atoms with Gasteiger partial charge in [-0.05, 0) is 13.0 Å². The molecule has 21 heavy (non-hydrogen) atoms. The van der Waals surface area contributed by atoms with Gasteiger partial charge in [0.05, 0.1) is 18.9 Å². The zero-order valence-corrected chi connectivity index (χ0v) is 12.3. The molecule has 2 aromatic rings. The topological polar surface area (TPSA) is 74.6 Å². The number of aliphatic hydroxyl groups is 1. The molecule has 5 nitrogen and oxygen atoms in total. The third kappa shape index (κ3) is 3.51. The highest BCUT2D eigenvalue weighted by molar-refractivity contribution is 5.52. The predicted octanol–water partition coefficient (Wildman–Crippen LogP) is 2.35. The van der Waals surface area contributed by atoms with E-state index in [4.69, 9.17) is 4.74 Å². The average Bonchev–Trinajstić information content (AvgIpc) is 2.50. The Bertz CT molecular complexity index is 614. The van der Waals surface area contributed by atoms with Gasteiger partial charge in [0.25, 0.3) is 0 Å². The summed E-state index contributed by atoms with van der Waals surface area (Å²) in [4.78, 5) is 4.05. The van der Waals surface area contributed by atoms with E-state index in [1.165, 1.54) is 0 Å². The van der Waals surface area contributed by atoms with Crippen molar-refractivity contribution < 1.29 is 14.9 Å². The summed E-state index contributed by atoms with van der Waals surface area (Å²) < 4.78 is 5.17. The highest BCUT2D eigenvalue weighted by atomic mass is 16.5. The Morgan fingerprint density at radius 3 is 2.71 bits per heavy atom. The number of aromatic nitrogens is 1. The van der Waals surface area contributed by atoms with Crippen molar-refractivity contribution in [2.45, 2.75) is 26.7 Å². The molecule has 0 saturated carbocycles. The van der Waals surface area contributed by atoms with Crippen LogP contribution in [0.5, 0.6) is 5.75 Å². The van der Waals surface area contributed by atoms with Crippen molar-refractivity contribution in [3.63, 3.8) is 0 Å². The van der Waals surface area contributed by atoms with E-state index in [-0.39, 0.29) is 12.4 Å². The summed E-state index contributed by atoms with van der Waals surface area (Å²) in [6.45, 7) is 2.50. The zero-order valence-electron chi connectivity index (χ0n) is 12.3. The Morgan fingerprint density at radius 1 is 1.24 bits per heavy atom. The Labute approximate surface area is 124 Å². The number of methoxy groups -OCH3 is 1. The second-order valence-electron chi connectivity index (χ2n) is 4.80. The van der Waals surface area contributed by atoms with Gasteiger partial charge in [-0.15, -0.1) is 0 Å². The molecule has 112 valence electrons. The highest BCUT2D eigenvalue weighted by Gasteiger charge is 2.11. The van der Waals surface area contributed by atoms with Gasteiger partial charge in [-0.3, -0.25) is 4.98 Å². The van der Waals surface area contributed by atoms with Gasteiger partial charge in [0.15, 0.2) is 0 Å². The van der Waals surface area contributed by atoms with E-state index in [2.05, 4.69) is 10.3 Å². The first-order chi connectivity index (χ1) is 10.2. The van der Waals surface area contributed by atoms with E-state index in [9.17, 15) is 10.2 Å². The smallest absolute Gasteiger partial charge is 0.142 e. The molecule has 0 aliphatic rings. The largest absolute Gasteiger partial charge is 0.506 e. The van der Waals surface area contributed by atoms with E-state index in [0.29, 0.717) is 30.0 Å². The molecule has 3 N–H and O–H groups in total. The first-order valence-electron chi connectivity index (χ1n) is 6.75. The van der Waals surface area contributed by atoms with Crippen LogP contribution in [0.25, 0.3) is 0 Å². The van der Waals surface area contributed by atoms with Gasteiger partial charge < -0.3 is 20.3 Å². The highest BCUT2D eigenvalue weighted by Crippen LogP contribution is 2.25. The number of nitrogens with zero attached hydrogens (tertiary/aromatic N) is 1. The Kier molecular flexibility index (Phi) is 5.14. The fourth-order valence-electron chi connectivity index (χ4n) is 2.18. The zero-order chi connectivity index (χ0) is 15.2. The molecule has 2 rings (SSSR count). The van der Waals surface area contributed by atoms with Gasteiger partial charge in [0.1, 0.15) is 5.75 Å². The number of benzene rings is 1. The number of nitrogens with one attached hydrogen (secondary N) is 1. The maximum absolute atomic E-state index is 10.1. The molecule has 5 heteroatoms. The molecule has 0 unspecified atom stereocenters. The summed E-state index contributed by atoms with van der Waals surface area (Å²) in [6, 6.07) is 7.83. The van der Waals surface area contributed by atoms with Crippen molar-refractivity contribution in [2.75, 3.05) is 12.4 Å². The number of anilines is 1. The first kappa shape index (κ1) is 15.3. The molecule has 1 heterocycles. The van der Waals surface area contributed by atoms with E-state index in [1.54, 1.807) is 20.2 Å². The van der Waals surface area contributed by atoms with Crippen LogP contribution < -0.4 is 5.32 Å². The quantitative estimate of drug-likeness (QED) is 0.761. The van der Waals surface area contributed by atoms with Crippen LogP contribution in [-0.2, 0) is 24.5 Å². The fourth-order valence-corrected chi connectivity index (χ4v) is 2.18. The number of ether oxygens (including phenoxy) is 1. The van der Waals surface area contributed by atoms with Crippen molar-refractivity contribution in [2.24, 2.45) is 0 Å². The lowest BCUT2D eigenvalue weighted by atomic mass is 10.1. The maximum atomic E-state index is 10.1. The van der Waals surface area contributed by atoms with Crippen LogP contribution in [0.1, 0.15) is 22.4 Å². The standard InChI is InChI=1S/C16H20N2O3/c1-11-16(20)14(13(9-19)7-17-11)8-18-15-6-4-3-5-12(15)10-21-2/h3-7,18-20H,8-10H2,1-2H3. The number of hydrogen-bond donors (Lipinski definition) is 3. The molecule has 0 atom stereocenters. The molecule has 0 spiro atoms. The van der Waals surface area contributed by atoms with Gasteiger partial charge in [0, 0.05) is 42.2 Å². The molecule has 0 fully saturated rings. The molecule has 0 amide bonds. The van der Waals surface area contributed by atoms with Crippen molar-refractivity contribution >= 4 is 5.69 Å². The van der Waals surface area contributed by atoms with Gasteiger partial charge in [-0.25, -0.2) is 0 Å². The predicted molar refractivity (Wildman–Crippen MR) is 81.0 cm³/mol. The van der Waals surface area contributed by atoms with Crippen LogP contribution in [0.3, 0.4) is 0 Å². The minimum atomic E-state index is -0.155. The number of rotatable bonds is 6. The summed E-state index contributed by atoms with van der Waals surface area (Å²) in [5, 5.41) is 22.8. The number of para-hydroxylation sites is 1. The molecular weight excluding hydrogens is 268 g/mol.